The zero-order valence-corrected chi connectivity index (χ0v) is 9.89. The van der Waals surface area contributed by atoms with Gasteiger partial charge < -0.3 is 15.4 Å². The molecule has 5 heteroatoms. The third-order valence-corrected chi connectivity index (χ3v) is 3.19. The van der Waals surface area contributed by atoms with E-state index in [0.29, 0.717) is 5.95 Å². The number of aromatic nitrogens is 2. The highest BCUT2D eigenvalue weighted by Gasteiger charge is 2.16. The van der Waals surface area contributed by atoms with E-state index in [9.17, 15) is 0 Å². The first-order chi connectivity index (χ1) is 8.27. The molecule has 1 fully saturated rings. The average molecular weight is 232 g/mol. The summed E-state index contributed by atoms with van der Waals surface area (Å²) in [4.78, 5) is 6.61. The second-order valence-corrected chi connectivity index (χ2v) is 4.26. The summed E-state index contributed by atoms with van der Waals surface area (Å²) >= 11 is 0. The number of hydrogen-bond acceptors (Lipinski definition) is 4. The zero-order valence-electron chi connectivity index (χ0n) is 9.89. The van der Waals surface area contributed by atoms with Gasteiger partial charge in [0.25, 0.3) is 0 Å². The van der Waals surface area contributed by atoms with E-state index in [-0.39, 0.29) is 0 Å². The second-order valence-electron chi connectivity index (χ2n) is 4.26. The van der Waals surface area contributed by atoms with Crippen LogP contribution in [0.2, 0.25) is 0 Å². The van der Waals surface area contributed by atoms with E-state index in [4.69, 9.17) is 10.5 Å². The number of pyridine rings is 1. The Kier molecular flexibility index (Phi) is 2.40. The average Bonchev–Trinajstić information content (AvgIpc) is 2.66. The summed E-state index contributed by atoms with van der Waals surface area (Å²) in [6.45, 7) is 5.31. The Morgan fingerprint density at radius 1 is 1.29 bits per heavy atom. The van der Waals surface area contributed by atoms with Gasteiger partial charge in [-0.3, -0.25) is 4.40 Å². The molecule has 0 saturated carbocycles. The molecule has 2 aromatic rings. The smallest absolute Gasteiger partial charge is 0.206 e. The molecule has 0 atom stereocenters. The van der Waals surface area contributed by atoms with E-state index in [2.05, 4.69) is 16.0 Å². The summed E-state index contributed by atoms with van der Waals surface area (Å²) in [6, 6.07) is 6.17. The minimum atomic E-state index is 0.555. The SMILES string of the molecule is Cc1nc(N)n2c(N3CCOCC3)cccc12. The molecule has 0 spiro atoms. The Bertz CT molecular complexity index is 543. The molecule has 5 nitrogen and oxygen atoms in total. The van der Waals surface area contributed by atoms with Crippen LogP contribution in [0.4, 0.5) is 11.8 Å². The molecule has 1 aliphatic heterocycles. The van der Waals surface area contributed by atoms with Crippen molar-refractivity contribution in [2.75, 3.05) is 36.9 Å². The number of nitrogen functional groups attached to an aromatic ring is 1. The summed E-state index contributed by atoms with van der Waals surface area (Å²) in [5.74, 6) is 1.66. The third-order valence-electron chi connectivity index (χ3n) is 3.19. The predicted octanol–water partition coefficient (Wildman–Crippen LogP) is 1.06. The van der Waals surface area contributed by atoms with E-state index in [0.717, 1.165) is 43.3 Å². The molecule has 0 unspecified atom stereocenters. The maximum absolute atomic E-state index is 5.98. The lowest BCUT2D eigenvalue weighted by atomic mass is 10.3. The molecule has 2 N–H and O–H groups in total. The van der Waals surface area contributed by atoms with E-state index in [1.54, 1.807) is 0 Å². The number of morpholine rings is 1. The maximum Gasteiger partial charge on any atom is 0.206 e. The van der Waals surface area contributed by atoms with Crippen molar-refractivity contribution in [3.05, 3.63) is 23.9 Å². The van der Waals surface area contributed by atoms with Crippen LogP contribution < -0.4 is 10.6 Å². The number of anilines is 2. The number of nitrogens with zero attached hydrogens (tertiary/aromatic N) is 3. The summed E-state index contributed by atoms with van der Waals surface area (Å²) in [5.41, 5.74) is 8.02. The van der Waals surface area contributed by atoms with E-state index >= 15 is 0 Å². The quantitative estimate of drug-likeness (QED) is 0.799. The van der Waals surface area contributed by atoms with E-state index in [1.807, 2.05) is 23.5 Å². The van der Waals surface area contributed by atoms with Crippen LogP contribution >= 0.6 is 0 Å². The fourth-order valence-electron chi connectivity index (χ4n) is 2.34. The molecular weight excluding hydrogens is 216 g/mol. The Balaban J connectivity index is 2.15. The monoisotopic (exact) mass is 232 g/mol. The number of imidazole rings is 1. The molecule has 0 aliphatic carbocycles. The normalized spacial score (nSPS) is 16.6. The van der Waals surface area contributed by atoms with E-state index in [1.165, 1.54) is 0 Å². The van der Waals surface area contributed by atoms with Gasteiger partial charge in [0.2, 0.25) is 5.95 Å². The highest BCUT2D eigenvalue weighted by molar-refractivity contribution is 5.63. The molecule has 3 rings (SSSR count). The maximum atomic E-state index is 5.98. The number of rotatable bonds is 1. The number of fused-ring (bicyclic) bond motifs is 1. The van der Waals surface area contributed by atoms with Crippen molar-refractivity contribution in [3.63, 3.8) is 0 Å². The van der Waals surface area contributed by atoms with Crippen LogP contribution in [0, 0.1) is 6.92 Å². The molecule has 1 saturated heterocycles. The fourth-order valence-corrected chi connectivity index (χ4v) is 2.34. The van der Waals surface area contributed by atoms with Gasteiger partial charge in [0.1, 0.15) is 5.82 Å². The summed E-state index contributed by atoms with van der Waals surface area (Å²) in [7, 11) is 0. The Hall–Kier alpha value is -1.75. The molecule has 0 radical (unpaired) electrons. The van der Waals surface area contributed by atoms with E-state index < -0.39 is 0 Å². The van der Waals surface area contributed by atoms with Crippen LogP contribution in [-0.2, 0) is 4.74 Å². The van der Waals surface area contributed by atoms with Gasteiger partial charge in [0.05, 0.1) is 24.4 Å². The molecule has 2 aromatic heterocycles. The molecule has 0 amide bonds. The standard InChI is InChI=1S/C12H16N4O/c1-9-10-3-2-4-11(16(10)12(13)14-9)15-5-7-17-8-6-15/h2-4H,5-8H2,1H3,(H2,13,14). The van der Waals surface area contributed by atoms with Crippen molar-refractivity contribution in [2.24, 2.45) is 0 Å². The second kappa shape index (κ2) is 3.92. The number of ether oxygens (including phenoxy) is 1. The molecule has 0 bridgehead atoms. The lowest BCUT2D eigenvalue weighted by Gasteiger charge is -2.29. The molecular formula is C12H16N4O. The van der Waals surface area contributed by atoms with Gasteiger partial charge in [-0.05, 0) is 19.1 Å². The van der Waals surface area contributed by atoms with Crippen LogP contribution in [0.15, 0.2) is 18.2 Å². The number of nitrogens with two attached hydrogens (primary N) is 1. The van der Waals surface area contributed by atoms with Gasteiger partial charge in [0, 0.05) is 13.1 Å². The van der Waals surface area contributed by atoms with Gasteiger partial charge in [-0.2, -0.15) is 0 Å². The number of hydrogen-bond donors (Lipinski definition) is 1. The van der Waals surface area contributed by atoms with Crippen LogP contribution in [0.5, 0.6) is 0 Å². The lowest BCUT2D eigenvalue weighted by molar-refractivity contribution is 0.122. The minimum Gasteiger partial charge on any atom is -0.378 e. The highest BCUT2D eigenvalue weighted by atomic mass is 16.5. The first-order valence-corrected chi connectivity index (χ1v) is 5.83. The predicted molar refractivity (Wildman–Crippen MR) is 67.4 cm³/mol. The molecule has 17 heavy (non-hydrogen) atoms. The third kappa shape index (κ3) is 1.63. The zero-order chi connectivity index (χ0) is 11.8. The van der Waals surface area contributed by atoms with Crippen molar-refractivity contribution < 1.29 is 4.74 Å². The van der Waals surface area contributed by atoms with Crippen LogP contribution in [-0.4, -0.2) is 35.7 Å². The van der Waals surface area contributed by atoms with Gasteiger partial charge in [-0.25, -0.2) is 4.98 Å². The largest absolute Gasteiger partial charge is 0.378 e. The lowest BCUT2D eigenvalue weighted by Crippen LogP contribution is -2.37. The van der Waals surface area contributed by atoms with Gasteiger partial charge >= 0.3 is 0 Å². The highest BCUT2D eigenvalue weighted by Crippen LogP contribution is 2.23. The Morgan fingerprint density at radius 2 is 2.06 bits per heavy atom. The van der Waals surface area contributed by atoms with Gasteiger partial charge in [-0.15, -0.1) is 0 Å². The van der Waals surface area contributed by atoms with Crippen molar-refractivity contribution in [1.82, 2.24) is 9.38 Å². The molecule has 0 aromatic carbocycles. The van der Waals surface area contributed by atoms with Crippen molar-refractivity contribution in [2.45, 2.75) is 6.92 Å². The van der Waals surface area contributed by atoms with Gasteiger partial charge in [0.15, 0.2) is 0 Å². The van der Waals surface area contributed by atoms with Gasteiger partial charge in [-0.1, -0.05) is 6.07 Å². The minimum absolute atomic E-state index is 0.555. The molecule has 1 aliphatic rings. The van der Waals surface area contributed by atoms with Crippen LogP contribution in [0.25, 0.3) is 5.52 Å². The Morgan fingerprint density at radius 3 is 2.82 bits per heavy atom. The topological polar surface area (TPSA) is 55.8 Å². The van der Waals surface area contributed by atoms with Crippen LogP contribution in [0.3, 0.4) is 0 Å². The number of aryl methyl sites for hydroxylation is 1. The molecule has 3 heterocycles. The first-order valence-electron chi connectivity index (χ1n) is 5.83. The van der Waals surface area contributed by atoms with Crippen molar-refractivity contribution in [3.8, 4) is 0 Å². The summed E-state index contributed by atoms with van der Waals surface area (Å²) < 4.78 is 7.39. The summed E-state index contributed by atoms with van der Waals surface area (Å²) in [5, 5.41) is 0. The van der Waals surface area contributed by atoms with Crippen molar-refractivity contribution in [1.29, 1.82) is 0 Å². The first kappa shape index (κ1) is 10.4. The van der Waals surface area contributed by atoms with Crippen LogP contribution in [0.1, 0.15) is 5.69 Å². The Labute approximate surface area is 99.8 Å². The van der Waals surface area contributed by atoms with Crippen molar-refractivity contribution >= 4 is 17.3 Å². The fraction of sp³-hybridized carbons (Fsp3) is 0.417. The summed E-state index contributed by atoms with van der Waals surface area (Å²) in [6.07, 6.45) is 0. The molecule has 90 valence electrons.